The second kappa shape index (κ2) is 4.30. The predicted molar refractivity (Wildman–Crippen MR) is 49.1 cm³/mol. The molecule has 6 heteroatoms. The molecule has 1 aromatic rings. The zero-order valence-electron chi connectivity index (χ0n) is 7.18. The maximum atomic E-state index is 13.0. The highest BCUT2D eigenvalue weighted by Gasteiger charge is 2.26. The monoisotopic (exact) mass is 286 g/mol. The van der Waals surface area contributed by atoms with E-state index in [1.807, 2.05) is 0 Å². The molecule has 0 aromatic heterocycles. The van der Waals surface area contributed by atoms with Gasteiger partial charge in [-0.25, -0.2) is 22.0 Å². The van der Waals surface area contributed by atoms with Gasteiger partial charge >= 0.3 is 0 Å². The van der Waals surface area contributed by atoms with E-state index in [4.69, 9.17) is 0 Å². The van der Waals surface area contributed by atoms with Crippen LogP contribution in [0.3, 0.4) is 0 Å². The maximum Gasteiger partial charge on any atom is 0.200 e. The Hall–Kier alpha value is -0.910. The fourth-order valence-corrected chi connectivity index (χ4v) is 1.26. The lowest BCUT2D eigenvalue weighted by molar-refractivity contribution is 0.376. The smallest absolute Gasteiger partial charge is 0.200 e. The Morgan fingerprint density at radius 1 is 0.867 bits per heavy atom. The van der Waals surface area contributed by atoms with Gasteiger partial charge in [0.15, 0.2) is 23.3 Å². The Balaban J connectivity index is 3.60. The zero-order valence-corrected chi connectivity index (χ0v) is 8.77. The van der Waals surface area contributed by atoms with Crippen molar-refractivity contribution in [1.29, 1.82) is 0 Å². The van der Waals surface area contributed by atoms with E-state index in [-0.39, 0.29) is 10.9 Å². The van der Waals surface area contributed by atoms with E-state index < -0.39 is 34.6 Å². The van der Waals surface area contributed by atoms with E-state index in [1.165, 1.54) is 0 Å². The van der Waals surface area contributed by atoms with Crippen LogP contribution in [0, 0.1) is 29.1 Å². The fourth-order valence-electron chi connectivity index (χ4n) is 0.982. The van der Waals surface area contributed by atoms with Crippen molar-refractivity contribution in [3.05, 3.63) is 41.2 Å². The van der Waals surface area contributed by atoms with Crippen LogP contribution in [0.1, 0.15) is 5.56 Å². The van der Waals surface area contributed by atoms with Crippen molar-refractivity contribution < 1.29 is 22.0 Å². The highest BCUT2D eigenvalue weighted by molar-refractivity contribution is 9.09. The number of benzene rings is 1. The molecule has 0 aliphatic rings. The van der Waals surface area contributed by atoms with Gasteiger partial charge in [-0.2, -0.15) is 0 Å². The SMILES string of the molecule is C=C(CBr)c1c(F)c(F)c(F)c(F)c1F. The molecule has 0 spiro atoms. The molecule has 0 saturated carbocycles. The van der Waals surface area contributed by atoms with Crippen LogP contribution in [-0.2, 0) is 0 Å². The fraction of sp³-hybridized carbons (Fsp3) is 0.111. The third-order valence-corrected chi connectivity index (χ3v) is 2.40. The first-order valence-electron chi connectivity index (χ1n) is 3.67. The van der Waals surface area contributed by atoms with Crippen molar-refractivity contribution in [2.75, 3.05) is 5.33 Å². The predicted octanol–water partition coefficient (Wildman–Crippen LogP) is 3.79. The third kappa shape index (κ3) is 1.90. The lowest BCUT2D eigenvalue weighted by Gasteiger charge is -2.08. The number of rotatable bonds is 2. The van der Waals surface area contributed by atoms with Crippen LogP contribution in [0.4, 0.5) is 22.0 Å². The molecular formula is C9H4BrF5. The molecule has 0 bridgehead atoms. The van der Waals surface area contributed by atoms with Gasteiger partial charge in [-0.3, -0.25) is 0 Å². The van der Waals surface area contributed by atoms with Crippen LogP contribution in [0.5, 0.6) is 0 Å². The summed E-state index contributed by atoms with van der Waals surface area (Å²) in [5.74, 6) is -9.83. The first kappa shape index (κ1) is 12.2. The van der Waals surface area contributed by atoms with Crippen molar-refractivity contribution >= 4 is 21.5 Å². The minimum Gasteiger partial charge on any atom is -0.203 e. The number of allylic oxidation sites excluding steroid dienone is 1. The highest BCUT2D eigenvalue weighted by atomic mass is 79.9. The summed E-state index contributed by atoms with van der Waals surface area (Å²) in [7, 11) is 0. The van der Waals surface area contributed by atoms with Crippen molar-refractivity contribution in [3.63, 3.8) is 0 Å². The summed E-state index contributed by atoms with van der Waals surface area (Å²) in [5, 5.41) is -0.0919. The molecule has 82 valence electrons. The van der Waals surface area contributed by atoms with E-state index in [2.05, 4.69) is 22.5 Å². The molecule has 15 heavy (non-hydrogen) atoms. The quantitative estimate of drug-likeness (QED) is 0.336. The van der Waals surface area contributed by atoms with Gasteiger partial charge in [0, 0.05) is 5.33 Å². The summed E-state index contributed by atoms with van der Waals surface area (Å²) in [6.45, 7) is 3.19. The van der Waals surface area contributed by atoms with E-state index in [9.17, 15) is 22.0 Å². The summed E-state index contributed by atoms with van der Waals surface area (Å²) in [6.07, 6.45) is 0. The average molecular weight is 287 g/mol. The largest absolute Gasteiger partial charge is 0.203 e. The first-order valence-corrected chi connectivity index (χ1v) is 4.79. The van der Waals surface area contributed by atoms with Gasteiger partial charge in [0.2, 0.25) is 5.82 Å². The number of hydrogen-bond acceptors (Lipinski definition) is 0. The summed E-state index contributed by atoms with van der Waals surface area (Å²) in [6, 6.07) is 0. The van der Waals surface area contributed by atoms with Crippen LogP contribution in [0.2, 0.25) is 0 Å². The van der Waals surface area contributed by atoms with E-state index in [1.54, 1.807) is 0 Å². The van der Waals surface area contributed by atoms with E-state index in [0.29, 0.717) is 0 Å². The third-order valence-electron chi connectivity index (χ3n) is 1.72. The molecule has 0 N–H and O–H groups in total. The second-order valence-corrected chi connectivity index (χ2v) is 3.24. The van der Waals surface area contributed by atoms with Crippen molar-refractivity contribution in [3.8, 4) is 0 Å². The lowest BCUT2D eigenvalue weighted by Crippen LogP contribution is -2.06. The molecule has 0 saturated heterocycles. The Bertz CT molecular complexity index is 398. The second-order valence-electron chi connectivity index (χ2n) is 2.68. The Morgan fingerprint density at radius 2 is 1.20 bits per heavy atom. The Morgan fingerprint density at radius 3 is 1.53 bits per heavy atom. The zero-order chi connectivity index (χ0) is 11.7. The van der Waals surface area contributed by atoms with Gasteiger partial charge in [-0.05, 0) is 5.57 Å². The average Bonchev–Trinajstić information content (AvgIpc) is 2.23. The standard InChI is InChI=1S/C9H4BrF5/c1-3(2-10)4-5(11)7(13)9(15)8(14)6(4)12/h1-2H2. The number of alkyl halides is 1. The number of hydrogen-bond donors (Lipinski definition) is 0. The van der Waals surface area contributed by atoms with Gasteiger partial charge < -0.3 is 0 Å². The molecule has 1 aromatic carbocycles. The Kier molecular flexibility index (Phi) is 3.49. The van der Waals surface area contributed by atoms with Crippen LogP contribution < -0.4 is 0 Å². The van der Waals surface area contributed by atoms with Crippen LogP contribution in [0.15, 0.2) is 6.58 Å². The van der Waals surface area contributed by atoms with E-state index >= 15 is 0 Å². The topological polar surface area (TPSA) is 0 Å². The van der Waals surface area contributed by atoms with Gasteiger partial charge in [-0.1, -0.05) is 22.5 Å². The molecule has 0 nitrogen and oxygen atoms in total. The normalized spacial score (nSPS) is 10.5. The maximum absolute atomic E-state index is 13.0. The molecule has 0 unspecified atom stereocenters. The molecule has 0 aliphatic carbocycles. The highest BCUT2D eigenvalue weighted by Crippen LogP contribution is 2.28. The summed E-state index contributed by atoms with van der Waals surface area (Å²) < 4.78 is 64.0. The summed E-state index contributed by atoms with van der Waals surface area (Å²) in [4.78, 5) is 0. The van der Waals surface area contributed by atoms with Gasteiger partial charge in [0.25, 0.3) is 0 Å². The van der Waals surface area contributed by atoms with Crippen LogP contribution in [0.25, 0.3) is 5.57 Å². The summed E-state index contributed by atoms with van der Waals surface area (Å²) in [5.41, 5.74) is -1.20. The molecule has 0 fully saturated rings. The van der Waals surface area contributed by atoms with Crippen molar-refractivity contribution in [1.82, 2.24) is 0 Å². The van der Waals surface area contributed by atoms with Crippen molar-refractivity contribution in [2.24, 2.45) is 0 Å². The molecular weight excluding hydrogens is 283 g/mol. The lowest BCUT2D eigenvalue weighted by atomic mass is 10.1. The van der Waals surface area contributed by atoms with Gasteiger partial charge in [0.05, 0.1) is 5.56 Å². The molecule has 1 rings (SSSR count). The number of halogens is 6. The summed E-state index contributed by atoms with van der Waals surface area (Å²) >= 11 is 2.82. The molecule has 0 heterocycles. The molecule has 0 radical (unpaired) electrons. The molecule has 0 atom stereocenters. The Labute approximate surface area is 90.5 Å². The van der Waals surface area contributed by atoms with Crippen molar-refractivity contribution in [2.45, 2.75) is 0 Å². The van der Waals surface area contributed by atoms with Gasteiger partial charge in [-0.15, -0.1) is 0 Å². The van der Waals surface area contributed by atoms with E-state index in [0.717, 1.165) is 0 Å². The molecule has 0 aliphatic heterocycles. The molecule has 0 amide bonds. The van der Waals surface area contributed by atoms with Crippen LogP contribution >= 0.6 is 15.9 Å². The van der Waals surface area contributed by atoms with Gasteiger partial charge in [0.1, 0.15) is 0 Å². The minimum absolute atomic E-state index is 0.0919. The minimum atomic E-state index is -2.17. The first-order chi connectivity index (χ1) is 6.91. The van der Waals surface area contributed by atoms with Crippen LogP contribution in [-0.4, -0.2) is 5.33 Å².